The van der Waals surface area contributed by atoms with Crippen molar-refractivity contribution in [2.45, 2.75) is 6.92 Å². The van der Waals surface area contributed by atoms with Gasteiger partial charge in [-0.3, -0.25) is 0 Å². The molecule has 1 heterocycles. The van der Waals surface area contributed by atoms with Crippen LogP contribution < -0.4 is 4.57 Å². The van der Waals surface area contributed by atoms with Gasteiger partial charge in [-0.2, -0.15) is 0 Å². The number of benzene rings is 2. The minimum Gasteiger partial charge on any atom is -0.232 e. The predicted octanol–water partition coefficient (Wildman–Crippen LogP) is 3.55. The summed E-state index contributed by atoms with van der Waals surface area (Å²) in [5.74, 6) is 0.989. The second kappa shape index (κ2) is 5.25. The van der Waals surface area contributed by atoms with Crippen LogP contribution >= 0.6 is 0 Å². The van der Waals surface area contributed by atoms with Gasteiger partial charge in [-0.15, -0.1) is 0 Å². The maximum absolute atomic E-state index is 4.65. The first-order chi connectivity index (χ1) is 9.75. The van der Waals surface area contributed by atoms with Crippen molar-refractivity contribution in [1.29, 1.82) is 0 Å². The van der Waals surface area contributed by atoms with Crippen molar-refractivity contribution in [3.63, 3.8) is 0 Å². The average molecular weight is 261 g/mol. The van der Waals surface area contributed by atoms with Crippen LogP contribution in [0.4, 0.5) is 0 Å². The topological polar surface area (TPSA) is 16.8 Å². The molecule has 0 bridgehead atoms. The summed E-state index contributed by atoms with van der Waals surface area (Å²) in [6.07, 6.45) is 4.07. The third kappa shape index (κ3) is 2.32. The van der Waals surface area contributed by atoms with Gasteiger partial charge in [0, 0.05) is 0 Å². The molecule has 0 saturated heterocycles. The van der Waals surface area contributed by atoms with Gasteiger partial charge in [0.1, 0.15) is 6.20 Å². The zero-order chi connectivity index (χ0) is 13.9. The normalized spacial score (nSPS) is 10.5. The highest BCUT2D eigenvalue weighted by Crippen LogP contribution is 2.20. The molecule has 2 aromatic carbocycles. The predicted molar refractivity (Wildman–Crippen MR) is 81.0 cm³/mol. The van der Waals surface area contributed by atoms with Crippen LogP contribution in [0, 0.1) is 6.92 Å². The third-order valence-corrected chi connectivity index (χ3v) is 3.49. The van der Waals surface area contributed by atoms with E-state index in [1.165, 1.54) is 16.7 Å². The van der Waals surface area contributed by atoms with Gasteiger partial charge in [0.05, 0.1) is 18.2 Å². The van der Waals surface area contributed by atoms with E-state index in [9.17, 15) is 0 Å². The van der Waals surface area contributed by atoms with Crippen LogP contribution in [0.2, 0.25) is 0 Å². The van der Waals surface area contributed by atoms with Crippen LogP contribution in [0.3, 0.4) is 0 Å². The van der Waals surface area contributed by atoms with Crippen molar-refractivity contribution in [2.24, 2.45) is 7.05 Å². The summed E-state index contributed by atoms with van der Waals surface area (Å²) < 4.78 is 2.09. The van der Waals surface area contributed by atoms with Gasteiger partial charge < -0.3 is 0 Å². The fourth-order valence-electron chi connectivity index (χ4n) is 2.39. The van der Waals surface area contributed by atoms with E-state index in [0.29, 0.717) is 0 Å². The number of rotatable bonds is 2. The van der Waals surface area contributed by atoms with Gasteiger partial charge >= 0.3 is 5.82 Å². The molecule has 0 atom stereocenters. The zero-order valence-electron chi connectivity index (χ0n) is 11.7. The van der Waals surface area contributed by atoms with E-state index in [-0.39, 0.29) is 0 Å². The maximum Gasteiger partial charge on any atom is 0.330 e. The lowest BCUT2D eigenvalue weighted by molar-refractivity contribution is -0.662. The van der Waals surface area contributed by atoms with Gasteiger partial charge in [0.15, 0.2) is 6.20 Å². The molecule has 0 aliphatic rings. The van der Waals surface area contributed by atoms with E-state index >= 15 is 0 Å². The number of nitrogens with zero attached hydrogens (tertiary/aromatic N) is 2. The fraction of sp³-hybridized carbons (Fsp3) is 0.111. The van der Waals surface area contributed by atoms with E-state index < -0.39 is 0 Å². The summed E-state index contributed by atoms with van der Waals surface area (Å²) >= 11 is 0. The molecule has 0 aliphatic heterocycles. The van der Waals surface area contributed by atoms with Crippen LogP contribution in [-0.2, 0) is 7.05 Å². The summed E-state index contributed by atoms with van der Waals surface area (Å²) in [6, 6.07) is 18.6. The van der Waals surface area contributed by atoms with Gasteiger partial charge in [-0.05, 0) is 29.1 Å². The highest BCUT2D eigenvalue weighted by molar-refractivity contribution is 5.62. The fourth-order valence-corrected chi connectivity index (χ4v) is 2.39. The molecule has 0 unspecified atom stereocenters. The molecule has 2 nitrogen and oxygen atoms in total. The third-order valence-electron chi connectivity index (χ3n) is 3.49. The van der Waals surface area contributed by atoms with Crippen LogP contribution in [0.1, 0.15) is 5.56 Å². The Morgan fingerprint density at radius 2 is 1.55 bits per heavy atom. The number of aromatic nitrogens is 2. The molecule has 1 aromatic heterocycles. The number of aryl methyl sites for hydroxylation is 2. The first-order valence-corrected chi connectivity index (χ1v) is 6.73. The summed E-state index contributed by atoms with van der Waals surface area (Å²) in [6.45, 7) is 2.11. The van der Waals surface area contributed by atoms with E-state index in [0.717, 1.165) is 11.4 Å². The quantitative estimate of drug-likeness (QED) is 0.645. The van der Waals surface area contributed by atoms with Crippen molar-refractivity contribution in [3.05, 3.63) is 72.6 Å². The van der Waals surface area contributed by atoms with Crippen molar-refractivity contribution < 1.29 is 4.57 Å². The van der Waals surface area contributed by atoms with Crippen LogP contribution in [-0.4, -0.2) is 4.98 Å². The summed E-state index contributed by atoms with van der Waals surface area (Å²) in [7, 11) is 2.04. The number of hydrogen-bond donors (Lipinski definition) is 0. The summed E-state index contributed by atoms with van der Waals surface area (Å²) in [4.78, 5) is 4.65. The second-order valence-electron chi connectivity index (χ2n) is 4.96. The monoisotopic (exact) mass is 261 g/mol. The lowest BCUT2D eigenvalue weighted by Crippen LogP contribution is -2.32. The van der Waals surface area contributed by atoms with Crippen molar-refractivity contribution in [1.82, 2.24) is 4.98 Å². The molecule has 0 spiro atoms. The Labute approximate surface area is 119 Å². The molecule has 0 aliphatic carbocycles. The Morgan fingerprint density at radius 3 is 2.25 bits per heavy atom. The summed E-state index contributed by atoms with van der Waals surface area (Å²) in [5, 5.41) is 0. The van der Waals surface area contributed by atoms with Gasteiger partial charge in [0.2, 0.25) is 0 Å². The lowest BCUT2D eigenvalue weighted by atomic mass is 10.1. The highest BCUT2D eigenvalue weighted by Gasteiger charge is 2.15. The standard InChI is InChI=1S/C18H17N2/c1-14-8-6-7-11-17(14)18-19-12-16(13-20(18)2)15-9-4-3-5-10-15/h3-13H,1-2H3/q+1. The van der Waals surface area contributed by atoms with Crippen molar-refractivity contribution in [2.75, 3.05) is 0 Å². The molecule has 0 saturated carbocycles. The Hall–Kier alpha value is -2.48. The molecule has 3 aromatic rings. The minimum atomic E-state index is 0.989. The number of hydrogen-bond acceptors (Lipinski definition) is 1. The highest BCUT2D eigenvalue weighted by atomic mass is 15.0. The molecule has 20 heavy (non-hydrogen) atoms. The minimum absolute atomic E-state index is 0.989. The van der Waals surface area contributed by atoms with Crippen molar-refractivity contribution >= 4 is 0 Å². The molecular weight excluding hydrogens is 244 g/mol. The Bertz CT molecular complexity index is 733. The lowest BCUT2D eigenvalue weighted by Gasteiger charge is -2.04. The Balaban J connectivity index is 2.07. The van der Waals surface area contributed by atoms with E-state index in [4.69, 9.17) is 0 Å². The molecular formula is C18H17N2+. The molecule has 0 fully saturated rings. The van der Waals surface area contributed by atoms with Crippen LogP contribution in [0.15, 0.2) is 67.0 Å². The smallest absolute Gasteiger partial charge is 0.232 e. The van der Waals surface area contributed by atoms with Crippen LogP contribution in [0.5, 0.6) is 0 Å². The Kier molecular flexibility index (Phi) is 3.30. The summed E-state index contributed by atoms with van der Waals surface area (Å²) in [5.41, 5.74) is 4.73. The van der Waals surface area contributed by atoms with E-state index in [1.54, 1.807) is 0 Å². The molecule has 2 heteroatoms. The zero-order valence-corrected chi connectivity index (χ0v) is 11.7. The first kappa shape index (κ1) is 12.5. The largest absolute Gasteiger partial charge is 0.330 e. The van der Waals surface area contributed by atoms with E-state index in [2.05, 4.69) is 59.1 Å². The molecule has 98 valence electrons. The molecule has 0 amide bonds. The van der Waals surface area contributed by atoms with Crippen LogP contribution in [0.25, 0.3) is 22.5 Å². The van der Waals surface area contributed by atoms with E-state index in [1.807, 2.05) is 31.4 Å². The molecule has 0 radical (unpaired) electrons. The Morgan fingerprint density at radius 1 is 0.850 bits per heavy atom. The van der Waals surface area contributed by atoms with Gasteiger partial charge in [-0.25, -0.2) is 4.57 Å². The first-order valence-electron chi connectivity index (χ1n) is 6.73. The molecule has 0 N–H and O–H groups in total. The maximum atomic E-state index is 4.65. The molecule has 3 rings (SSSR count). The second-order valence-corrected chi connectivity index (χ2v) is 4.96. The van der Waals surface area contributed by atoms with Gasteiger partial charge in [0.25, 0.3) is 0 Å². The van der Waals surface area contributed by atoms with Crippen molar-refractivity contribution in [3.8, 4) is 22.5 Å². The average Bonchev–Trinajstić information content (AvgIpc) is 2.49. The van der Waals surface area contributed by atoms with Gasteiger partial charge in [-0.1, -0.05) is 48.5 Å². The SMILES string of the molecule is Cc1ccccc1-c1ncc(-c2ccccc2)c[n+]1C.